The number of methoxy groups -OCH3 is 1. The molecule has 0 bridgehead atoms. The molecular weight excluding hydrogens is 248 g/mol. The number of benzene rings is 1. The van der Waals surface area contributed by atoms with Gasteiger partial charge in [0.05, 0.1) is 19.5 Å². The van der Waals surface area contributed by atoms with Crippen LogP contribution in [0.25, 0.3) is 16.6 Å². The lowest BCUT2D eigenvalue weighted by molar-refractivity contribution is -0.557. The minimum Gasteiger partial charge on any atom is -0.463 e. The van der Waals surface area contributed by atoms with E-state index in [0.717, 1.165) is 0 Å². The number of ether oxygens (including phenoxy) is 1. The molecule has 0 unspecified atom stereocenters. The topological polar surface area (TPSA) is 81.1 Å². The highest BCUT2D eigenvalue weighted by Gasteiger charge is 2.27. The Hall–Kier alpha value is -2.70. The molecule has 7 nitrogen and oxygen atoms in total. The van der Waals surface area contributed by atoms with E-state index in [2.05, 4.69) is 15.0 Å². The molecule has 2 aromatic heterocycles. The van der Waals surface area contributed by atoms with Gasteiger partial charge in [0, 0.05) is 0 Å². The van der Waals surface area contributed by atoms with Crippen LogP contribution in [-0.4, -0.2) is 28.0 Å². The number of hydrogen-bond donors (Lipinski definition) is 1. The molecule has 3 aromatic rings. The van der Waals surface area contributed by atoms with E-state index in [1.165, 1.54) is 11.7 Å². The second-order valence-corrected chi connectivity index (χ2v) is 4.09. The number of fused-ring (bicyclic) bond motifs is 3. The van der Waals surface area contributed by atoms with Crippen LogP contribution in [0.5, 0.6) is 0 Å². The van der Waals surface area contributed by atoms with Gasteiger partial charge in [-0.1, -0.05) is 12.1 Å². The predicted octanol–water partition coefficient (Wildman–Crippen LogP) is -0.213. The van der Waals surface area contributed by atoms with Crippen molar-refractivity contribution in [3.63, 3.8) is 0 Å². The van der Waals surface area contributed by atoms with Crippen LogP contribution < -0.4 is 10.1 Å². The van der Waals surface area contributed by atoms with E-state index in [1.807, 2.05) is 6.07 Å². The molecule has 3 rings (SSSR count). The van der Waals surface area contributed by atoms with Gasteiger partial charge in [0.1, 0.15) is 5.52 Å². The van der Waals surface area contributed by atoms with E-state index in [1.54, 1.807) is 29.8 Å². The molecule has 0 radical (unpaired) electrons. The number of nitrogens with zero attached hydrogens (tertiary/aromatic N) is 3. The lowest BCUT2D eigenvalue weighted by Gasteiger charge is -1.99. The minimum atomic E-state index is -0.593. The van der Waals surface area contributed by atoms with Gasteiger partial charge in [0.2, 0.25) is 0 Å². The molecule has 96 valence electrons. The standard InChI is InChI=1S/C12H10N4O3/c1-15-10-9(12(18)19-2)13-14-16(10)8-6-4-3-5-7(8)11(15)17/h3-6H,1-2H3/p+1. The summed E-state index contributed by atoms with van der Waals surface area (Å²) in [4.78, 5) is 23.9. The average Bonchev–Trinajstić information content (AvgIpc) is 2.89. The molecule has 0 amide bonds. The average molecular weight is 259 g/mol. The van der Waals surface area contributed by atoms with Crippen LogP contribution in [0.1, 0.15) is 10.5 Å². The minimum absolute atomic E-state index is 0.0767. The Morgan fingerprint density at radius 1 is 1.42 bits per heavy atom. The van der Waals surface area contributed by atoms with E-state index in [4.69, 9.17) is 0 Å². The molecule has 0 fully saturated rings. The number of nitrogens with one attached hydrogen (secondary N) is 1. The molecule has 0 spiro atoms. The van der Waals surface area contributed by atoms with Crippen molar-refractivity contribution in [2.45, 2.75) is 0 Å². The van der Waals surface area contributed by atoms with Gasteiger partial charge < -0.3 is 4.74 Å². The fourth-order valence-electron chi connectivity index (χ4n) is 2.14. The highest BCUT2D eigenvalue weighted by molar-refractivity contribution is 5.93. The maximum atomic E-state index is 12.3. The molecule has 1 N–H and O–H groups in total. The third-order valence-corrected chi connectivity index (χ3v) is 3.06. The molecule has 0 atom stereocenters. The number of carbonyl (C=O) groups is 1. The first-order chi connectivity index (χ1) is 9.15. The Labute approximate surface area is 107 Å². The number of carbonyl (C=O) groups excluding carboxylic acids is 1. The Morgan fingerprint density at radius 3 is 2.89 bits per heavy atom. The highest BCUT2D eigenvalue weighted by atomic mass is 16.5. The molecule has 0 aliphatic rings. The zero-order chi connectivity index (χ0) is 13.6. The van der Waals surface area contributed by atoms with Gasteiger partial charge in [-0.05, 0) is 17.2 Å². The molecule has 0 aliphatic carbocycles. The summed E-state index contributed by atoms with van der Waals surface area (Å²) in [7, 11) is 2.86. The zero-order valence-electron chi connectivity index (χ0n) is 10.4. The molecule has 0 saturated heterocycles. The molecule has 0 aliphatic heterocycles. The zero-order valence-corrected chi connectivity index (χ0v) is 10.4. The van der Waals surface area contributed by atoms with Gasteiger partial charge in [0.15, 0.2) is 0 Å². The van der Waals surface area contributed by atoms with E-state index in [-0.39, 0.29) is 11.3 Å². The fraction of sp³-hybridized carbons (Fsp3) is 0.167. The van der Waals surface area contributed by atoms with Crippen molar-refractivity contribution in [1.82, 2.24) is 14.9 Å². The van der Waals surface area contributed by atoms with Gasteiger partial charge in [-0.25, -0.2) is 9.36 Å². The summed E-state index contributed by atoms with van der Waals surface area (Å²) in [6.07, 6.45) is 0. The first-order valence-corrected chi connectivity index (χ1v) is 5.61. The number of esters is 1. The molecule has 19 heavy (non-hydrogen) atoms. The summed E-state index contributed by atoms with van der Waals surface area (Å²) in [6, 6.07) is 7.10. The van der Waals surface area contributed by atoms with Crippen LogP contribution >= 0.6 is 0 Å². The molecular formula is C12H11N4O3+. The SMILES string of the molecule is COC(=O)c1n[nH][n+]2c3ccccc3c(=O)n(C)c12. The van der Waals surface area contributed by atoms with E-state index < -0.39 is 5.97 Å². The summed E-state index contributed by atoms with van der Waals surface area (Å²) < 4.78 is 7.62. The number of H-pyrrole nitrogens is 1. The summed E-state index contributed by atoms with van der Waals surface area (Å²) in [5.74, 6) is -0.593. The molecule has 7 heteroatoms. The molecule has 0 saturated carbocycles. The number of aromatic nitrogens is 4. The normalized spacial score (nSPS) is 11.1. The van der Waals surface area contributed by atoms with Crippen molar-refractivity contribution < 1.29 is 14.0 Å². The van der Waals surface area contributed by atoms with Crippen molar-refractivity contribution >= 4 is 22.5 Å². The Kier molecular flexibility index (Phi) is 2.34. The van der Waals surface area contributed by atoms with Gasteiger partial charge in [-0.3, -0.25) is 4.79 Å². The number of hydrogen-bond acceptors (Lipinski definition) is 4. The summed E-state index contributed by atoms with van der Waals surface area (Å²) in [6.45, 7) is 0. The fourth-order valence-corrected chi connectivity index (χ4v) is 2.14. The second-order valence-electron chi connectivity index (χ2n) is 4.09. The first kappa shape index (κ1) is 11.4. The van der Waals surface area contributed by atoms with Crippen LogP contribution in [0.2, 0.25) is 0 Å². The summed E-state index contributed by atoms with van der Waals surface area (Å²) >= 11 is 0. The van der Waals surface area contributed by atoms with Crippen LogP contribution in [0.4, 0.5) is 0 Å². The Morgan fingerprint density at radius 2 is 2.16 bits per heavy atom. The van der Waals surface area contributed by atoms with Crippen LogP contribution in [0.3, 0.4) is 0 Å². The molecule has 1 aromatic carbocycles. The van der Waals surface area contributed by atoms with E-state index in [9.17, 15) is 9.59 Å². The third kappa shape index (κ3) is 1.44. The van der Waals surface area contributed by atoms with Crippen molar-refractivity contribution in [2.24, 2.45) is 7.05 Å². The van der Waals surface area contributed by atoms with E-state index >= 15 is 0 Å². The first-order valence-electron chi connectivity index (χ1n) is 5.61. The summed E-state index contributed by atoms with van der Waals surface area (Å²) in [5.41, 5.74) is 0.911. The van der Waals surface area contributed by atoms with Crippen LogP contribution in [-0.2, 0) is 11.8 Å². The quantitative estimate of drug-likeness (QED) is 0.484. The van der Waals surface area contributed by atoms with Crippen LogP contribution in [0, 0.1) is 0 Å². The Balaban J connectivity index is 2.57. The highest BCUT2D eigenvalue weighted by Crippen LogP contribution is 2.08. The second kappa shape index (κ2) is 3.91. The monoisotopic (exact) mass is 259 g/mol. The number of aryl methyl sites for hydroxylation is 1. The molecule has 2 heterocycles. The predicted molar refractivity (Wildman–Crippen MR) is 65.8 cm³/mol. The largest absolute Gasteiger partial charge is 0.463 e. The smallest absolute Gasteiger partial charge is 0.383 e. The van der Waals surface area contributed by atoms with Gasteiger partial charge in [0.25, 0.3) is 0 Å². The maximum Gasteiger partial charge on any atom is 0.383 e. The number of para-hydroxylation sites is 1. The number of rotatable bonds is 1. The number of aromatic amines is 1. The lowest BCUT2D eigenvalue weighted by Crippen LogP contribution is -2.34. The van der Waals surface area contributed by atoms with Gasteiger partial charge in [-0.2, -0.15) is 0 Å². The third-order valence-electron chi connectivity index (χ3n) is 3.06. The maximum absolute atomic E-state index is 12.3. The van der Waals surface area contributed by atoms with Crippen molar-refractivity contribution in [3.05, 3.63) is 40.3 Å². The Bertz CT molecular complexity index is 862. The van der Waals surface area contributed by atoms with Crippen molar-refractivity contribution in [3.8, 4) is 0 Å². The van der Waals surface area contributed by atoms with Crippen molar-refractivity contribution in [2.75, 3.05) is 7.11 Å². The van der Waals surface area contributed by atoms with E-state index in [0.29, 0.717) is 16.6 Å². The van der Waals surface area contributed by atoms with Gasteiger partial charge in [-0.15, -0.1) is 9.73 Å². The van der Waals surface area contributed by atoms with Crippen molar-refractivity contribution in [1.29, 1.82) is 0 Å². The summed E-state index contributed by atoms with van der Waals surface area (Å²) in [5, 5.41) is 7.19. The van der Waals surface area contributed by atoms with Gasteiger partial charge >= 0.3 is 22.9 Å². The lowest BCUT2D eigenvalue weighted by atomic mass is 10.2. The van der Waals surface area contributed by atoms with Crippen LogP contribution in [0.15, 0.2) is 29.1 Å².